The molecule has 16 heavy (non-hydrogen) atoms. The molecule has 0 unspecified atom stereocenters. The third-order valence-electron chi connectivity index (χ3n) is 2.24. The van der Waals surface area contributed by atoms with E-state index >= 15 is 0 Å². The van der Waals surface area contributed by atoms with Crippen molar-refractivity contribution in [2.75, 3.05) is 12.3 Å². The van der Waals surface area contributed by atoms with Crippen LogP contribution in [0.4, 0.5) is 10.1 Å². The Balaban J connectivity index is 2.51. The van der Waals surface area contributed by atoms with E-state index in [2.05, 4.69) is 13.8 Å². The minimum absolute atomic E-state index is 0.0352. The average Bonchev–Trinajstić information content (AvgIpc) is 2.19. The van der Waals surface area contributed by atoms with Gasteiger partial charge >= 0.3 is 0 Å². The summed E-state index contributed by atoms with van der Waals surface area (Å²) in [6.07, 6.45) is 2.04. The van der Waals surface area contributed by atoms with Gasteiger partial charge < -0.3 is 10.5 Å². The van der Waals surface area contributed by atoms with Gasteiger partial charge in [-0.3, -0.25) is 0 Å². The summed E-state index contributed by atoms with van der Waals surface area (Å²) in [5, 5.41) is 0.0352. The molecule has 0 saturated heterocycles. The van der Waals surface area contributed by atoms with E-state index in [0.717, 1.165) is 12.8 Å². The van der Waals surface area contributed by atoms with Crippen LogP contribution in [0.5, 0.6) is 5.75 Å². The lowest BCUT2D eigenvalue weighted by molar-refractivity contribution is 0.299. The monoisotopic (exact) mass is 245 g/mol. The Hall–Kier alpha value is -0.960. The van der Waals surface area contributed by atoms with Gasteiger partial charge in [-0.1, -0.05) is 25.4 Å². The summed E-state index contributed by atoms with van der Waals surface area (Å²) in [4.78, 5) is 0. The van der Waals surface area contributed by atoms with Crippen molar-refractivity contribution in [1.82, 2.24) is 0 Å². The number of hydrogen-bond donors (Lipinski definition) is 1. The van der Waals surface area contributed by atoms with Gasteiger partial charge in [0.25, 0.3) is 0 Å². The fourth-order valence-corrected chi connectivity index (χ4v) is 1.50. The molecule has 0 radical (unpaired) electrons. The van der Waals surface area contributed by atoms with E-state index in [1.54, 1.807) is 0 Å². The van der Waals surface area contributed by atoms with Crippen LogP contribution < -0.4 is 10.5 Å². The maximum atomic E-state index is 13.0. The molecule has 90 valence electrons. The predicted molar refractivity (Wildman–Crippen MR) is 65.4 cm³/mol. The highest BCUT2D eigenvalue weighted by atomic mass is 35.5. The molecule has 4 heteroatoms. The molecule has 2 N–H and O–H groups in total. The zero-order valence-corrected chi connectivity index (χ0v) is 10.4. The molecule has 0 aliphatic heterocycles. The highest BCUT2D eigenvalue weighted by Crippen LogP contribution is 2.28. The highest BCUT2D eigenvalue weighted by molar-refractivity contribution is 6.31. The Kier molecular flexibility index (Phi) is 4.87. The van der Waals surface area contributed by atoms with Crippen molar-refractivity contribution in [3.05, 3.63) is 23.0 Å². The van der Waals surface area contributed by atoms with Crippen LogP contribution in [0.2, 0.25) is 5.02 Å². The molecular weight excluding hydrogens is 229 g/mol. The van der Waals surface area contributed by atoms with Crippen LogP contribution in [0.1, 0.15) is 26.7 Å². The van der Waals surface area contributed by atoms with Crippen molar-refractivity contribution < 1.29 is 9.13 Å². The average molecular weight is 246 g/mol. The first kappa shape index (κ1) is 13.1. The Morgan fingerprint density at radius 2 is 2.12 bits per heavy atom. The van der Waals surface area contributed by atoms with Crippen molar-refractivity contribution in [2.45, 2.75) is 26.7 Å². The van der Waals surface area contributed by atoms with Gasteiger partial charge in [0.1, 0.15) is 11.6 Å². The molecule has 1 aromatic rings. The summed E-state index contributed by atoms with van der Waals surface area (Å²) in [5.74, 6) is 0.585. The second kappa shape index (κ2) is 5.94. The number of ether oxygens (including phenoxy) is 1. The minimum Gasteiger partial charge on any atom is -0.491 e. The van der Waals surface area contributed by atoms with Crippen molar-refractivity contribution in [3.8, 4) is 5.75 Å². The van der Waals surface area contributed by atoms with Crippen molar-refractivity contribution >= 4 is 17.3 Å². The molecule has 0 amide bonds. The number of rotatable bonds is 5. The van der Waals surface area contributed by atoms with Gasteiger partial charge in [0, 0.05) is 12.1 Å². The van der Waals surface area contributed by atoms with Crippen molar-refractivity contribution in [1.29, 1.82) is 0 Å². The molecule has 0 spiro atoms. The summed E-state index contributed by atoms with van der Waals surface area (Å²) in [5.41, 5.74) is 5.89. The third-order valence-corrected chi connectivity index (χ3v) is 2.53. The number of benzene rings is 1. The topological polar surface area (TPSA) is 35.2 Å². The van der Waals surface area contributed by atoms with Gasteiger partial charge in [-0.05, 0) is 18.8 Å². The predicted octanol–water partition coefficient (Wildman–Crippen LogP) is 3.88. The first-order valence-corrected chi connectivity index (χ1v) is 5.76. The summed E-state index contributed by atoms with van der Waals surface area (Å²) < 4.78 is 18.4. The van der Waals surface area contributed by atoms with E-state index in [4.69, 9.17) is 22.1 Å². The zero-order chi connectivity index (χ0) is 12.1. The largest absolute Gasteiger partial charge is 0.491 e. The van der Waals surface area contributed by atoms with E-state index in [0.29, 0.717) is 18.3 Å². The number of halogens is 2. The SMILES string of the molecule is CC(C)CCCOc1cc(Cl)c(F)cc1N. The lowest BCUT2D eigenvalue weighted by Crippen LogP contribution is -2.02. The van der Waals surface area contributed by atoms with E-state index in [-0.39, 0.29) is 10.7 Å². The number of anilines is 1. The third kappa shape index (κ3) is 3.89. The molecule has 0 heterocycles. The second-order valence-corrected chi connectivity index (χ2v) is 4.60. The Labute approximate surface area is 101 Å². The zero-order valence-electron chi connectivity index (χ0n) is 9.59. The van der Waals surface area contributed by atoms with Gasteiger partial charge in [0.05, 0.1) is 17.3 Å². The Morgan fingerprint density at radius 1 is 1.44 bits per heavy atom. The molecule has 1 rings (SSSR count). The molecule has 0 aliphatic rings. The fraction of sp³-hybridized carbons (Fsp3) is 0.500. The number of nitrogen functional groups attached to an aromatic ring is 1. The molecule has 1 aromatic carbocycles. The minimum atomic E-state index is -0.520. The molecule has 0 saturated carbocycles. The van der Waals surface area contributed by atoms with E-state index in [1.165, 1.54) is 12.1 Å². The first-order valence-electron chi connectivity index (χ1n) is 5.38. The molecule has 0 atom stereocenters. The van der Waals surface area contributed by atoms with Gasteiger partial charge in [-0.25, -0.2) is 4.39 Å². The van der Waals surface area contributed by atoms with E-state index < -0.39 is 5.82 Å². The highest BCUT2D eigenvalue weighted by Gasteiger charge is 2.07. The van der Waals surface area contributed by atoms with Crippen LogP contribution in [-0.4, -0.2) is 6.61 Å². The van der Waals surface area contributed by atoms with Crippen LogP contribution in [0, 0.1) is 11.7 Å². The quantitative estimate of drug-likeness (QED) is 0.631. The normalized spacial score (nSPS) is 10.8. The van der Waals surface area contributed by atoms with E-state index in [9.17, 15) is 4.39 Å². The molecule has 2 nitrogen and oxygen atoms in total. The smallest absolute Gasteiger partial charge is 0.144 e. The van der Waals surface area contributed by atoms with Crippen LogP contribution in [0.3, 0.4) is 0 Å². The molecule has 0 aromatic heterocycles. The Morgan fingerprint density at radius 3 is 2.75 bits per heavy atom. The van der Waals surface area contributed by atoms with Crippen molar-refractivity contribution in [3.63, 3.8) is 0 Å². The standard InChI is InChI=1S/C12H17ClFNO/c1-8(2)4-3-5-16-12-6-9(13)10(14)7-11(12)15/h6-8H,3-5,15H2,1-2H3. The fourth-order valence-electron chi connectivity index (χ4n) is 1.34. The summed E-state index contributed by atoms with van der Waals surface area (Å²) in [6.45, 7) is 4.89. The lowest BCUT2D eigenvalue weighted by Gasteiger charge is -2.10. The van der Waals surface area contributed by atoms with Crippen LogP contribution in [-0.2, 0) is 0 Å². The van der Waals surface area contributed by atoms with Gasteiger partial charge in [-0.15, -0.1) is 0 Å². The molecule has 0 fully saturated rings. The maximum absolute atomic E-state index is 13.0. The van der Waals surface area contributed by atoms with Gasteiger partial charge in [-0.2, -0.15) is 0 Å². The summed E-state index contributed by atoms with van der Waals surface area (Å²) >= 11 is 5.64. The maximum Gasteiger partial charge on any atom is 0.144 e. The van der Waals surface area contributed by atoms with Gasteiger partial charge in [0.15, 0.2) is 0 Å². The number of nitrogens with two attached hydrogens (primary N) is 1. The van der Waals surface area contributed by atoms with Gasteiger partial charge in [0.2, 0.25) is 0 Å². The van der Waals surface area contributed by atoms with E-state index in [1.807, 2.05) is 0 Å². The first-order chi connectivity index (χ1) is 7.50. The second-order valence-electron chi connectivity index (χ2n) is 4.19. The summed E-state index contributed by atoms with van der Waals surface area (Å²) in [7, 11) is 0. The molecule has 0 bridgehead atoms. The molecule has 0 aliphatic carbocycles. The number of hydrogen-bond acceptors (Lipinski definition) is 2. The molecular formula is C12H17ClFNO. The van der Waals surface area contributed by atoms with Crippen LogP contribution in [0.15, 0.2) is 12.1 Å². The summed E-state index contributed by atoms with van der Waals surface area (Å²) in [6, 6.07) is 2.60. The van der Waals surface area contributed by atoms with Crippen LogP contribution >= 0.6 is 11.6 Å². The van der Waals surface area contributed by atoms with Crippen LogP contribution in [0.25, 0.3) is 0 Å². The Bertz CT molecular complexity index is 355. The van der Waals surface area contributed by atoms with Crippen molar-refractivity contribution in [2.24, 2.45) is 5.92 Å². The lowest BCUT2D eigenvalue weighted by atomic mass is 10.1.